The van der Waals surface area contributed by atoms with Gasteiger partial charge < -0.3 is 14.3 Å². The van der Waals surface area contributed by atoms with Gasteiger partial charge in [0.05, 0.1) is 12.9 Å². The maximum Gasteiger partial charge on any atom is 0.225 e. The summed E-state index contributed by atoms with van der Waals surface area (Å²) in [6, 6.07) is 3.50. The van der Waals surface area contributed by atoms with Crippen LogP contribution < -0.4 is 0 Å². The molecule has 1 atom stereocenters. The van der Waals surface area contributed by atoms with E-state index in [2.05, 4.69) is 0 Å². The van der Waals surface area contributed by atoms with E-state index in [0.29, 0.717) is 18.8 Å². The molecule has 0 bridgehead atoms. The van der Waals surface area contributed by atoms with Crippen molar-refractivity contribution in [2.24, 2.45) is 0 Å². The molecule has 1 unspecified atom stereocenters. The van der Waals surface area contributed by atoms with Crippen molar-refractivity contribution in [2.75, 3.05) is 6.61 Å². The topological polar surface area (TPSA) is 42.6 Å². The lowest BCUT2D eigenvalue weighted by atomic mass is 10.0. The zero-order valence-corrected chi connectivity index (χ0v) is 6.82. The second-order valence-electron chi connectivity index (χ2n) is 3.07. The van der Waals surface area contributed by atoms with Gasteiger partial charge in [0.25, 0.3) is 0 Å². The third-order valence-corrected chi connectivity index (χ3v) is 2.16. The molecule has 1 aliphatic heterocycles. The van der Waals surface area contributed by atoms with Gasteiger partial charge in [0, 0.05) is 6.42 Å². The molecule has 12 heavy (non-hydrogen) atoms. The number of rotatable bonds is 1. The summed E-state index contributed by atoms with van der Waals surface area (Å²) in [6.45, 7) is 0.608. The molecule has 0 saturated carbocycles. The predicted molar refractivity (Wildman–Crippen MR) is 42.4 cm³/mol. The van der Waals surface area contributed by atoms with E-state index in [9.17, 15) is 5.11 Å². The molecule has 0 aliphatic carbocycles. The Kier molecular flexibility index (Phi) is 1.90. The molecule has 1 N–H and O–H groups in total. The van der Waals surface area contributed by atoms with Crippen LogP contribution in [0.3, 0.4) is 0 Å². The van der Waals surface area contributed by atoms with Gasteiger partial charge in [-0.05, 0) is 25.0 Å². The lowest BCUT2D eigenvalue weighted by Crippen LogP contribution is -2.32. The minimum absolute atomic E-state index is 0.516. The van der Waals surface area contributed by atoms with Crippen LogP contribution in [0, 0.1) is 0 Å². The van der Waals surface area contributed by atoms with Crippen LogP contribution in [0.5, 0.6) is 0 Å². The normalized spacial score (nSPS) is 30.4. The molecule has 3 heteroatoms. The number of furan rings is 1. The zero-order valence-electron chi connectivity index (χ0n) is 6.82. The average Bonchev–Trinajstić information content (AvgIpc) is 2.58. The smallest absolute Gasteiger partial charge is 0.225 e. The SMILES string of the molecule is OC1(c2ccco2)CCCCO1. The van der Waals surface area contributed by atoms with Crippen molar-refractivity contribution in [1.82, 2.24) is 0 Å². The standard InChI is InChI=1S/C9H12O3/c10-9(5-1-2-7-12-9)8-4-3-6-11-8/h3-4,6,10H,1-2,5,7H2. The summed E-state index contributed by atoms with van der Waals surface area (Å²) in [4.78, 5) is 0. The first-order chi connectivity index (χ1) is 5.81. The first-order valence-electron chi connectivity index (χ1n) is 4.22. The highest BCUT2D eigenvalue weighted by Crippen LogP contribution is 2.32. The highest BCUT2D eigenvalue weighted by atomic mass is 16.6. The van der Waals surface area contributed by atoms with Gasteiger partial charge >= 0.3 is 0 Å². The fourth-order valence-corrected chi connectivity index (χ4v) is 1.48. The first-order valence-corrected chi connectivity index (χ1v) is 4.22. The predicted octanol–water partition coefficient (Wildman–Crippen LogP) is 1.63. The summed E-state index contributed by atoms with van der Waals surface area (Å²) in [7, 11) is 0. The molecule has 0 aromatic carbocycles. The van der Waals surface area contributed by atoms with Crippen molar-refractivity contribution >= 4 is 0 Å². The third kappa shape index (κ3) is 1.26. The van der Waals surface area contributed by atoms with E-state index in [1.165, 1.54) is 0 Å². The second-order valence-corrected chi connectivity index (χ2v) is 3.07. The molecule has 0 amide bonds. The van der Waals surface area contributed by atoms with Crippen molar-refractivity contribution in [2.45, 2.75) is 25.0 Å². The molecule has 1 aromatic heterocycles. The van der Waals surface area contributed by atoms with Crippen molar-refractivity contribution in [3.63, 3.8) is 0 Å². The van der Waals surface area contributed by atoms with Crippen LogP contribution in [-0.4, -0.2) is 11.7 Å². The Labute approximate surface area is 71.0 Å². The van der Waals surface area contributed by atoms with Crippen molar-refractivity contribution < 1.29 is 14.3 Å². The van der Waals surface area contributed by atoms with E-state index in [1.807, 2.05) is 0 Å². The van der Waals surface area contributed by atoms with Gasteiger partial charge in [-0.3, -0.25) is 0 Å². The van der Waals surface area contributed by atoms with Crippen LogP contribution in [-0.2, 0) is 10.5 Å². The summed E-state index contributed by atoms with van der Waals surface area (Å²) >= 11 is 0. The molecule has 0 spiro atoms. The number of hydrogen-bond donors (Lipinski definition) is 1. The molecule has 1 fully saturated rings. The summed E-state index contributed by atoms with van der Waals surface area (Å²) < 4.78 is 10.4. The lowest BCUT2D eigenvalue weighted by molar-refractivity contribution is -0.243. The molecule has 3 nitrogen and oxygen atoms in total. The Balaban J connectivity index is 2.19. The molecule has 0 radical (unpaired) electrons. The number of ether oxygens (including phenoxy) is 1. The molecular weight excluding hydrogens is 156 g/mol. The monoisotopic (exact) mass is 168 g/mol. The van der Waals surface area contributed by atoms with Gasteiger partial charge in [0.15, 0.2) is 5.76 Å². The van der Waals surface area contributed by atoms with Gasteiger partial charge in [-0.25, -0.2) is 0 Å². The van der Waals surface area contributed by atoms with Gasteiger partial charge in [0.2, 0.25) is 5.79 Å². The highest BCUT2D eigenvalue weighted by molar-refractivity contribution is 5.06. The van der Waals surface area contributed by atoms with Crippen LogP contribution in [0.2, 0.25) is 0 Å². The van der Waals surface area contributed by atoms with E-state index in [1.54, 1.807) is 18.4 Å². The summed E-state index contributed by atoms with van der Waals surface area (Å²) in [5.74, 6) is -0.649. The summed E-state index contributed by atoms with van der Waals surface area (Å²) in [5, 5.41) is 9.92. The first kappa shape index (κ1) is 7.83. The Morgan fingerprint density at radius 3 is 2.92 bits per heavy atom. The van der Waals surface area contributed by atoms with E-state index < -0.39 is 5.79 Å². The lowest BCUT2D eigenvalue weighted by Gasteiger charge is -2.29. The molecule has 66 valence electrons. The maximum atomic E-state index is 9.92. The van der Waals surface area contributed by atoms with Crippen LogP contribution >= 0.6 is 0 Å². The minimum Gasteiger partial charge on any atom is -0.464 e. The minimum atomic E-state index is -1.16. The Morgan fingerprint density at radius 1 is 1.42 bits per heavy atom. The quantitative estimate of drug-likeness (QED) is 0.693. The molecule has 2 rings (SSSR count). The average molecular weight is 168 g/mol. The van der Waals surface area contributed by atoms with Crippen molar-refractivity contribution in [1.29, 1.82) is 0 Å². The van der Waals surface area contributed by atoms with E-state index >= 15 is 0 Å². The molecule has 2 heterocycles. The molecule has 1 aromatic rings. The number of hydrogen-bond acceptors (Lipinski definition) is 3. The largest absolute Gasteiger partial charge is 0.464 e. The van der Waals surface area contributed by atoms with E-state index in [0.717, 1.165) is 12.8 Å². The third-order valence-electron chi connectivity index (χ3n) is 2.16. The van der Waals surface area contributed by atoms with Gasteiger partial charge in [-0.15, -0.1) is 0 Å². The molecule has 1 saturated heterocycles. The van der Waals surface area contributed by atoms with Crippen LogP contribution in [0.15, 0.2) is 22.8 Å². The molecule has 1 aliphatic rings. The van der Waals surface area contributed by atoms with Crippen LogP contribution in [0.25, 0.3) is 0 Å². The van der Waals surface area contributed by atoms with Crippen LogP contribution in [0.4, 0.5) is 0 Å². The molecular formula is C9H12O3. The van der Waals surface area contributed by atoms with Gasteiger partial charge in [-0.2, -0.15) is 0 Å². The van der Waals surface area contributed by atoms with E-state index in [4.69, 9.17) is 9.15 Å². The Hall–Kier alpha value is -0.800. The zero-order chi connectivity index (χ0) is 8.44. The summed E-state index contributed by atoms with van der Waals surface area (Å²) in [6.07, 6.45) is 4.17. The van der Waals surface area contributed by atoms with Crippen molar-refractivity contribution in [3.8, 4) is 0 Å². The second kappa shape index (κ2) is 2.92. The van der Waals surface area contributed by atoms with Crippen LogP contribution in [0.1, 0.15) is 25.0 Å². The highest BCUT2D eigenvalue weighted by Gasteiger charge is 2.35. The fourth-order valence-electron chi connectivity index (χ4n) is 1.48. The maximum absolute atomic E-state index is 9.92. The van der Waals surface area contributed by atoms with Crippen molar-refractivity contribution in [3.05, 3.63) is 24.2 Å². The van der Waals surface area contributed by atoms with Gasteiger partial charge in [-0.1, -0.05) is 0 Å². The van der Waals surface area contributed by atoms with Gasteiger partial charge in [0.1, 0.15) is 0 Å². The Bertz CT molecular complexity index is 234. The number of aliphatic hydroxyl groups is 1. The Morgan fingerprint density at radius 2 is 2.33 bits per heavy atom. The van der Waals surface area contributed by atoms with E-state index in [-0.39, 0.29) is 0 Å². The summed E-state index contributed by atoms with van der Waals surface area (Å²) in [5.41, 5.74) is 0. The fraction of sp³-hybridized carbons (Fsp3) is 0.556.